The maximum Gasteiger partial charge on any atom is 0.0809 e. The number of rotatable bonds is 3. The Morgan fingerprint density at radius 3 is 1.31 bits per heavy atom. The van der Waals surface area contributed by atoms with Crippen molar-refractivity contribution in [1.82, 2.24) is 0 Å². The highest BCUT2D eigenvalue weighted by atomic mass is 35.5. The Bertz CT molecular complexity index is 1520. The maximum absolute atomic E-state index is 6.81. The van der Waals surface area contributed by atoms with Crippen molar-refractivity contribution in [3.63, 3.8) is 0 Å². The van der Waals surface area contributed by atoms with Crippen LogP contribution in [0.15, 0.2) is 36.4 Å². The highest BCUT2D eigenvalue weighted by Crippen LogP contribution is 2.58. The lowest BCUT2D eigenvalue weighted by atomic mass is 9.87. The monoisotopic (exact) mass is 714 g/mol. The van der Waals surface area contributed by atoms with Crippen molar-refractivity contribution in [1.29, 1.82) is 0 Å². The average molecular weight is 720 g/mol. The molecule has 0 aliphatic carbocycles. The summed E-state index contributed by atoms with van der Waals surface area (Å²) in [5.41, 5.74) is 2.13. The molecule has 4 aromatic rings. The molecule has 0 atom stereocenters. The zero-order valence-electron chi connectivity index (χ0n) is 17.0. The van der Waals surface area contributed by atoms with Crippen molar-refractivity contribution in [2.24, 2.45) is 0 Å². The first-order chi connectivity index (χ1) is 16.9. The third kappa shape index (κ3) is 4.90. The van der Waals surface area contributed by atoms with Gasteiger partial charge in [-0.3, -0.25) is 0 Å². The Morgan fingerprint density at radius 1 is 0.333 bits per heavy atom. The van der Waals surface area contributed by atoms with E-state index >= 15 is 0 Å². The van der Waals surface area contributed by atoms with Gasteiger partial charge < -0.3 is 0 Å². The highest BCUT2D eigenvalue weighted by molar-refractivity contribution is 6.58. The van der Waals surface area contributed by atoms with Gasteiger partial charge in [-0.1, -0.05) is 170 Å². The van der Waals surface area contributed by atoms with E-state index in [-0.39, 0.29) is 71.4 Å². The van der Waals surface area contributed by atoms with E-state index in [1.54, 1.807) is 0 Å². The molecule has 0 bridgehead atoms. The first-order valence-corrected chi connectivity index (χ1v) is 14.0. The largest absolute Gasteiger partial charge is 0.0826 e. The van der Waals surface area contributed by atoms with Crippen LogP contribution in [0.2, 0.25) is 60.3 Å². The van der Waals surface area contributed by atoms with Crippen LogP contribution in [0, 0.1) is 0 Å². The molecule has 0 nitrogen and oxygen atoms in total. The van der Waals surface area contributed by atoms with Gasteiger partial charge in [0, 0.05) is 27.8 Å². The van der Waals surface area contributed by atoms with Gasteiger partial charge in [-0.05, 0) is 11.6 Å². The highest BCUT2D eigenvalue weighted by Gasteiger charge is 2.31. The number of benzene rings is 4. The Labute approximate surface area is 266 Å². The molecule has 4 rings (SSSR count). The molecule has 0 saturated carbocycles. The van der Waals surface area contributed by atoms with Crippen molar-refractivity contribution in [3.8, 4) is 33.4 Å². The third-order valence-electron chi connectivity index (χ3n) is 5.22. The smallest absolute Gasteiger partial charge is 0.0809 e. The molecular formula is C24H6Cl12. The van der Waals surface area contributed by atoms with E-state index in [0.29, 0.717) is 22.3 Å². The van der Waals surface area contributed by atoms with Gasteiger partial charge in [0.2, 0.25) is 0 Å². The molecule has 0 amide bonds. The second-order valence-corrected chi connectivity index (χ2v) is 11.8. The lowest BCUT2D eigenvalue weighted by molar-refractivity contribution is 1.55. The topological polar surface area (TPSA) is 0 Å². The van der Waals surface area contributed by atoms with Gasteiger partial charge in [-0.2, -0.15) is 0 Å². The molecule has 0 N–H and O–H groups in total. The average Bonchev–Trinajstić information content (AvgIpc) is 2.87. The molecule has 36 heavy (non-hydrogen) atoms. The minimum atomic E-state index is -0.0460. The van der Waals surface area contributed by atoms with E-state index in [0.717, 1.165) is 0 Å². The van der Waals surface area contributed by atoms with Crippen molar-refractivity contribution in [2.45, 2.75) is 0 Å². The fourth-order valence-electron chi connectivity index (χ4n) is 3.62. The van der Waals surface area contributed by atoms with Crippen LogP contribution in [0.5, 0.6) is 0 Å². The zero-order chi connectivity index (χ0) is 26.6. The number of hydrogen-bond donors (Lipinski definition) is 0. The molecule has 0 spiro atoms. The van der Waals surface area contributed by atoms with Crippen LogP contribution in [0.3, 0.4) is 0 Å². The molecule has 0 radical (unpaired) electrons. The van der Waals surface area contributed by atoms with Crippen LogP contribution in [-0.2, 0) is 0 Å². The quantitative estimate of drug-likeness (QED) is 0.146. The summed E-state index contributed by atoms with van der Waals surface area (Å²) in [6, 6.07) is 10.6. The summed E-state index contributed by atoms with van der Waals surface area (Å²) < 4.78 is 0. The van der Waals surface area contributed by atoms with E-state index < -0.39 is 0 Å². The van der Waals surface area contributed by atoms with Crippen molar-refractivity contribution in [3.05, 3.63) is 96.7 Å². The maximum atomic E-state index is 6.81. The van der Waals surface area contributed by atoms with Crippen LogP contribution in [0.25, 0.3) is 33.4 Å². The normalized spacial score (nSPS) is 11.3. The summed E-state index contributed by atoms with van der Waals surface area (Å²) in [4.78, 5) is 0. The van der Waals surface area contributed by atoms with Gasteiger partial charge in [-0.25, -0.2) is 0 Å². The molecule has 4 aromatic carbocycles. The first kappa shape index (κ1) is 29.3. The minimum Gasteiger partial charge on any atom is -0.0826 e. The fourth-order valence-corrected chi connectivity index (χ4v) is 6.66. The molecule has 0 saturated heterocycles. The molecule has 186 valence electrons. The van der Waals surface area contributed by atoms with Gasteiger partial charge in [0.1, 0.15) is 0 Å². The van der Waals surface area contributed by atoms with Crippen LogP contribution < -0.4 is 0 Å². The second-order valence-electron chi connectivity index (χ2n) is 7.23. The Morgan fingerprint density at radius 2 is 0.750 bits per heavy atom. The number of hydrogen-bond acceptors (Lipinski definition) is 0. The van der Waals surface area contributed by atoms with Crippen molar-refractivity contribution in [2.75, 3.05) is 0 Å². The van der Waals surface area contributed by atoms with Gasteiger partial charge >= 0.3 is 0 Å². The van der Waals surface area contributed by atoms with Crippen LogP contribution >= 0.6 is 139 Å². The third-order valence-corrected chi connectivity index (χ3v) is 10.6. The van der Waals surface area contributed by atoms with Gasteiger partial charge in [0.25, 0.3) is 0 Å². The molecular weight excluding hydrogens is 714 g/mol. The van der Waals surface area contributed by atoms with Gasteiger partial charge in [-0.15, -0.1) is 0 Å². The molecule has 12 heteroatoms. The lowest BCUT2D eigenvalue weighted by Gasteiger charge is -2.24. The molecule has 0 unspecified atom stereocenters. The summed E-state index contributed by atoms with van der Waals surface area (Å²) in [5.74, 6) is 0. The SMILES string of the molecule is Clc1cc(-c2c(-c3ccccc3)c(Cl)c(Cl)c(Cl)c2-c2c(Cl)c(Cl)c(Cl)c(Cl)c2Cl)c(Cl)c(Cl)c1Cl. The van der Waals surface area contributed by atoms with Crippen LogP contribution in [-0.4, -0.2) is 0 Å². The van der Waals surface area contributed by atoms with Crippen molar-refractivity contribution >= 4 is 139 Å². The summed E-state index contributed by atoms with van der Waals surface area (Å²) in [7, 11) is 0. The van der Waals surface area contributed by atoms with E-state index in [2.05, 4.69) is 0 Å². The first-order valence-electron chi connectivity index (χ1n) is 9.51. The Kier molecular flexibility index (Phi) is 9.34. The standard InChI is InChI=1S/C24H6Cl12/c25-9-6-8(14(26)20(32)15(9)27)11-10(7-4-2-1-3-5-7)16(28)21(33)17(29)12(11)13-18(30)22(34)24(36)23(35)19(13)31/h1-6H. The van der Waals surface area contributed by atoms with Crippen molar-refractivity contribution < 1.29 is 0 Å². The fraction of sp³-hybridized carbons (Fsp3) is 0. The number of halogens is 12. The lowest BCUT2D eigenvalue weighted by Crippen LogP contribution is -1.98. The molecule has 0 aliphatic heterocycles. The van der Waals surface area contributed by atoms with Crippen LogP contribution in [0.1, 0.15) is 0 Å². The predicted molar refractivity (Wildman–Crippen MR) is 163 cm³/mol. The summed E-state index contributed by atoms with van der Waals surface area (Å²) >= 11 is 78.4. The van der Waals surface area contributed by atoms with E-state index in [4.69, 9.17) is 139 Å². The Hall–Kier alpha value is 0.360. The molecule has 0 heterocycles. The summed E-state index contributed by atoms with van der Waals surface area (Å²) in [5, 5.41) is 0.225. The van der Waals surface area contributed by atoms with E-state index in [9.17, 15) is 0 Å². The van der Waals surface area contributed by atoms with E-state index in [1.807, 2.05) is 30.3 Å². The van der Waals surface area contributed by atoms with Crippen LogP contribution in [0.4, 0.5) is 0 Å². The van der Waals surface area contributed by atoms with Gasteiger partial charge in [0.15, 0.2) is 0 Å². The summed E-state index contributed by atoms with van der Waals surface area (Å²) in [6.07, 6.45) is 0. The molecule has 0 aliphatic rings. The second kappa shape index (κ2) is 11.5. The zero-order valence-corrected chi connectivity index (χ0v) is 26.1. The summed E-state index contributed by atoms with van der Waals surface area (Å²) in [6.45, 7) is 0. The van der Waals surface area contributed by atoms with E-state index in [1.165, 1.54) is 6.07 Å². The molecule has 0 fully saturated rings. The molecule has 0 aromatic heterocycles. The van der Waals surface area contributed by atoms with Gasteiger partial charge in [0.05, 0.1) is 60.3 Å². The minimum absolute atomic E-state index is 0.00661. The predicted octanol–water partition coefficient (Wildman–Crippen LogP) is 14.5. The Balaban J connectivity index is 2.35.